The van der Waals surface area contributed by atoms with Gasteiger partial charge in [-0.3, -0.25) is 14.7 Å². The van der Waals surface area contributed by atoms with Crippen molar-refractivity contribution in [2.45, 2.75) is 114 Å². The van der Waals surface area contributed by atoms with Crippen molar-refractivity contribution in [2.24, 2.45) is 17.8 Å². The van der Waals surface area contributed by atoms with Gasteiger partial charge in [0.25, 0.3) is 0 Å². The highest BCUT2D eigenvalue weighted by atomic mass is 15.6. The van der Waals surface area contributed by atoms with Crippen molar-refractivity contribution in [1.82, 2.24) is 20.0 Å². The van der Waals surface area contributed by atoms with Crippen molar-refractivity contribution in [3.63, 3.8) is 0 Å². The summed E-state index contributed by atoms with van der Waals surface area (Å²) in [4.78, 5) is 9.01. The second-order valence-corrected chi connectivity index (χ2v) is 12.3. The Morgan fingerprint density at radius 1 is 0.636 bits per heavy atom. The lowest BCUT2D eigenvalue weighted by Crippen LogP contribution is -2.75. The first kappa shape index (κ1) is 23.0. The molecule has 6 unspecified atom stereocenters. The van der Waals surface area contributed by atoms with Crippen molar-refractivity contribution in [3.8, 4) is 0 Å². The SMILES string of the molecule is C1=CCC2CN(C3CCCC[N]C3(N3CCCCCCC3)N3CCC4CCCCC43)CC2C1. The van der Waals surface area contributed by atoms with E-state index in [9.17, 15) is 0 Å². The Morgan fingerprint density at radius 3 is 2.12 bits per heavy atom. The molecule has 4 nitrogen and oxygen atoms in total. The first-order valence-corrected chi connectivity index (χ1v) is 15.0. The van der Waals surface area contributed by atoms with Crippen LogP contribution in [0.25, 0.3) is 0 Å². The van der Waals surface area contributed by atoms with Gasteiger partial charge in [-0.15, -0.1) is 0 Å². The minimum atomic E-state index is -0.0501. The summed E-state index contributed by atoms with van der Waals surface area (Å²) >= 11 is 0. The Hall–Kier alpha value is -0.420. The summed E-state index contributed by atoms with van der Waals surface area (Å²) in [6, 6.07) is 1.39. The second kappa shape index (κ2) is 10.3. The Bertz CT molecular complexity index is 655. The van der Waals surface area contributed by atoms with Gasteiger partial charge in [-0.05, 0) is 75.5 Å². The maximum Gasteiger partial charge on any atom is 0.160 e. The summed E-state index contributed by atoms with van der Waals surface area (Å²) in [6.07, 6.45) is 25.9. The molecule has 1 saturated carbocycles. The molecule has 6 rings (SSSR count). The van der Waals surface area contributed by atoms with Crippen LogP contribution in [-0.4, -0.2) is 71.8 Å². The predicted octanol–water partition coefficient (Wildman–Crippen LogP) is 5.23. The smallest absolute Gasteiger partial charge is 0.160 e. The zero-order chi connectivity index (χ0) is 22.1. The average Bonchev–Trinajstić information content (AvgIpc) is 3.38. The van der Waals surface area contributed by atoms with Crippen LogP contribution in [-0.2, 0) is 0 Å². The number of likely N-dealkylation sites (tertiary alicyclic amines) is 3. The van der Waals surface area contributed by atoms with E-state index in [0.717, 1.165) is 30.3 Å². The van der Waals surface area contributed by atoms with Crippen molar-refractivity contribution < 1.29 is 0 Å². The van der Waals surface area contributed by atoms with Crippen LogP contribution < -0.4 is 5.32 Å². The van der Waals surface area contributed by atoms with E-state index in [-0.39, 0.29) is 5.79 Å². The van der Waals surface area contributed by atoms with Crippen LogP contribution in [0, 0.1) is 17.8 Å². The maximum absolute atomic E-state index is 5.86. The maximum atomic E-state index is 5.86. The third-order valence-electron chi connectivity index (χ3n) is 10.5. The molecule has 6 atom stereocenters. The molecule has 2 aliphatic carbocycles. The van der Waals surface area contributed by atoms with E-state index < -0.39 is 0 Å². The summed E-state index contributed by atoms with van der Waals surface area (Å²) in [5.41, 5.74) is 0. The number of rotatable bonds is 3. The highest BCUT2D eigenvalue weighted by molar-refractivity contribution is 5.09. The summed E-state index contributed by atoms with van der Waals surface area (Å²) < 4.78 is 0. The van der Waals surface area contributed by atoms with E-state index in [4.69, 9.17) is 5.32 Å². The molecule has 0 N–H and O–H groups in total. The normalized spacial score (nSPS) is 44.1. The monoisotopic (exact) mass is 453 g/mol. The Morgan fingerprint density at radius 2 is 1.33 bits per heavy atom. The van der Waals surface area contributed by atoms with E-state index in [0.29, 0.717) is 6.04 Å². The van der Waals surface area contributed by atoms with Crippen molar-refractivity contribution >= 4 is 0 Å². The predicted molar refractivity (Wildman–Crippen MR) is 136 cm³/mol. The average molecular weight is 454 g/mol. The molecule has 0 bridgehead atoms. The minimum Gasteiger partial charge on any atom is -0.295 e. The van der Waals surface area contributed by atoms with Crippen LogP contribution in [0.15, 0.2) is 12.2 Å². The molecular weight excluding hydrogens is 404 g/mol. The third kappa shape index (κ3) is 4.36. The molecule has 6 aliphatic rings. The van der Waals surface area contributed by atoms with Crippen LogP contribution in [0.3, 0.4) is 0 Å². The number of fused-ring (bicyclic) bond motifs is 2. The largest absolute Gasteiger partial charge is 0.295 e. The Labute approximate surface area is 203 Å². The molecule has 4 saturated heterocycles. The van der Waals surface area contributed by atoms with E-state index in [1.54, 1.807) is 0 Å². The molecule has 0 spiro atoms. The molecule has 0 aromatic rings. The van der Waals surface area contributed by atoms with Gasteiger partial charge in [-0.25, -0.2) is 5.32 Å². The lowest BCUT2D eigenvalue weighted by molar-refractivity contribution is -0.150. The first-order chi connectivity index (χ1) is 16.4. The van der Waals surface area contributed by atoms with Gasteiger partial charge in [0.2, 0.25) is 0 Å². The molecule has 4 aliphatic heterocycles. The molecule has 185 valence electrons. The molecule has 33 heavy (non-hydrogen) atoms. The summed E-state index contributed by atoms with van der Waals surface area (Å²) in [6.45, 7) is 7.59. The van der Waals surface area contributed by atoms with E-state index in [1.165, 1.54) is 129 Å². The van der Waals surface area contributed by atoms with E-state index in [2.05, 4.69) is 26.9 Å². The zero-order valence-electron chi connectivity index (χ0n) is 21.2. The fourth-order valence-electron chi connectivity index (χ4n) is 8.89. The quantitative estimate of drug-likeness (QED) is 0.547. The van der Waals surface area contributed by atoms with Gasteiger partial charge >= 0.3 is 0 Å². The molecule has 0 aromatic heterocycles. The third-order valence-corrected chi connectivity index (χ3v) is 10.5. The van der Waals surface area contributed by atoms with Crippen molar-refractivity contribution in [2.75, 3.05) is 39.3 Å². The van der Waals surface area contributed by atoms with E-state index in [1.807, 2.05) is 0 Å². The highest BCUT2D eigenvalue weighted by Gasteiger charge is 2.57. The van der Waals surface area contributed by atoms with Crippen LogP contribution in [0.4, 0.5) is 0 Å². The topological polar surface area (TPSA) is 23.8 Å². The molecule has 4 heteroatoms. The molecule has 0 amide bonds. The second-order valence-electron chi connectivity index (χ2n) is 12.3. The fraction of sp³-hybridized carbons (Fsp3) is 0.931. The molecular formula is C29H49N4. The van der Waals surface area contributed by atoms with Gasteiger partial charge in [0.15, 0.2) is 5.79 Å². The first-order valence-electron chi connectivity index (χ1n) is 15.0. The van der Waals surface area contributed by atoms with Crippen LogP contribution in [0.2, 0.25) is 0 Å². The molecule has 1 radical (unpaired) electrons. The minimum absolute atomic E-state index is 0.0501. The zero-order valence-corrected chi connectivity index (χ0v) is 21.2. The van der Waals surface area contributed by atoms with Crippen molar-refractivity contribution in [1.29, 1.82) is 0 Å². The standard InChI is InChI=1S/C29H49N4/c1-2-10-19-32(20-11-3-1)29(33-21-17-24-12-6-7-15-27(24)33)28(16-8-9-18-30-29)31-22-25-13-4-5-14-26(25)23-31/h4-5,24-28H,1-3,6-23H2. The number of hydrogen-bond acceptors (Lipinski definition) is 3. The summed E-state index contributed by atoms with van der Waals surface area (Å²) in [5.74, 6) is 2.68. The van der Waals surface area contributed by atoms with Gasteiger partial charge in [-0.2, -0.15) is 0 Å². The molecule has 0 aromatic carbocycles. The van der Waals surface area contributed by atoms with Crippen LogP contribution >= 0.6 is 0 Å². The highest BCUT2D eigenvalue weighted by Crippen LogP contribution is 2.46. The Balaban J connectivity index is 1.37. The van der Waals surface area contributed by atoms with Crippen LogP contribution in [0.1, 0.15) is 96.3 Å². The van der Waals surface area contributed by atoms with Gasteiger partial charge in [-0.1, -0.05) is 50.7 Å². The molecule has 4 heterocycles. The van der Waals surface area contributed by atoms with Gasteiger partial charge in [0, 0.05) is 45.3 Å². The van der Waals surface area contributed by atoms with Crippen LogP contribution in [0.5, 0.6) is 0 Å². The lowest BCUT2D eigenvalue weighted by Gasteiger charge is -2.57. The van der Waals surface area contributed by atoms with Gasteiger partial charge in [0.05, 0.1) is 6.04 Å². The van der Waals surface area contributed by atoms with Gasteiger partial charge < -0.3 is 0 Å². The lowest BCUT2D eigenvalue weighted by atomic mass is 9.84. The van der Waals surface area contributed by atoms with Gasteiger partial charge in [0.1, 0.15) is 0 Å². The van der Waals surface area contributed by atoms with E-state index >= 15 is 0 Å². The summed E-state index contributed by atoms with van der Waals surface area (Å²) in [7, 11) is 0. The number of nitrogens with zero attached hydrogens (tertiary/aromatic N) is 4. The Kier molecular flexibility index (Phi) is 7.17. The molecule has 5 fully saturated rings. The summed E-state index contributed by atoms with van der Waals surface area (Å²) in [5, 5.41) is 5.86. The fourth-order valence-corrected chi connectivity index (χ4v) is 8.89. The number of allylic oxidation sites excluding steroid dienone is 2. The number of hydrogen-bond donors (Lipinski definition) is 0. The van der Waals surface area contributed by atoms with Crippen molar-refractivity contribution in [3.05, 3.63) is 12.2 Å².